The number of ether oxygens (including phenoxy) is 1. The van der Waals surface area contributed by atoms with Crippen LogP contribution in [-0.2, 0) is 21.2 Å². The summed E-state index contributed by atoms with van der Waals surface area (Å²) in [6, 6.07) is 11.8. The zero-order valence-corrected chi connectivity index (χ0v) is 16.4. The second-order valence-corrected chi connectivity index (χ2v) is 8.36. The first-order chi connectivity index (χ1) is 13.0. The Bertz CT molecular complexity index is 923. The molecule has 2 aromatic carbocycles. The molecule has 27 heavy (non-hydrogen) atoms. The predicted molar refractivity (Wildman–Crippen MR) is 106 cm³/mol. The molecule has 0 unspecified atom stereocenters. The Kier molecular flexibility index (Phi) is 5.70. The Hall–Kier alpha value is -2.54. The van der Waals surface area contributed by atoms with Crippen LogP contribution in [0.25, 0.3) is 0 Å². The fraction of sp³-hybridized carbons (Fsp3) is 0.350. The molecule has 0 atom stereocenters. The topological polar surface area (TPSA) is 75.7 Å². The van der Waals surface area contributed by atoms with Crippen molar-refractivity contribution in [1.82, 2.24) is 0 Å². The zero-order valence-electron chi connectivity index (χ0n) is 15.6. The van der Waals surface area contributed by atoms with E-state index < -0.39 is 10.0 Å². The number of anilines is 2. The number of nitrogens with zero attached hydrogens (tertiary/aromatic N) is 1. The third-order valence-electron chi connectivity index (χ3n) is 4.56. The third kappa shape index (κ3) is 4.08. The van der Waals surface area contributed by atoms with Crippen molar-refractivity contribution in [1.29, 1.82) is 0 Å². The number of rotatable bonds is 6. The third-order valence-corrected chi connectivity index (χ3v) is 6.39. The van der Waals surface area contributed by atoms with Crippen LogP contribution in [0.3, 0.4) is 0 Å². The molecule has 3 rings (SSSR count). The van der Waals surface area contributed by atoms with Gasteiger partial charge in [-0.3, -0.25) is 9.10 Å². The van der Waals surface area contributed by atoms with Crippen LogP contribution >= 0.6 is 0 Å². The van der Waals surface area contributed by atoms with Gasteiger partial charge in [0.2, 0.25) is 5.91 Å². The molecule has 0 bridgehead atoms. The second-order valence-electron chi connectivity index (χ2n) is 6.50. The van der Waals surface area contributed by atoms with Gasteiger partial charge in [-0.15, -0.1) is 0 Å². The van der Waals surface area contributed by atoms with Gasteiger partial charge in [0.05, 0.1) is 17.7 Å². The number of benzene rings is 2. The van der Waals surface area contributed by atoms with Gasteiger partial charge in [0, 0.05) is 18.7 Å². The normalized spacial score (nSPS) is 13.8. The molecular formula is C20H24N2O4S. The smallest absolute Gasteiger partial charge is 0.264 e. The van der Waals surface area contributed by atoms with Crippen LogP contribution in [0.4, 0.5) is 11.4 Å². The summed E-state index contributed by atoms with van der Waals surface area (Å²) in [5.41, 5.74) is 2.30. The summed E-state index contributed by atoms with van der Waals surface area (Å²) in [6.07, 6.45) is 2.76. The maximum absolute atomic E-state index is 13.1. The highest BCUT2D eigenvalue weighted by Gasteiger charge is 2.29. The molecule has 0 spiro atoms. The number of carbonyl (C=O) groups excluding carboxylic acids is 1. The van der Waals surface area contributed by atoms with E-state index in [-0.39, 0.29) is 10.8 Å². The lowest BCUT2D eigenvalue weighted by Gasteiger charge is -2.31. The van der Waals surface area contributed by atoms with Crippen molar-refractivity contribution >= 4 is 27.3 Å². The molecule has 7 heteroatoms. The maximum Gasteiger partial charge on any atom is 0.264 e. The highest BCUT2D eigenvalue weighted by atomic mass is 32.2. The van der Waals surface area contributed by atoms with Crippen molar-refractivity contribution in [3.63, 3.8) is 0 Å². The lowest BCUT2D eigenvalue weighted by Crippen LogP contribution is -2.35. The van der Waals surface area contributed by atoms with E-state index in [1.807, 2.05) is 13.0 Å². The fourth-order valence-electron chi connectivity index (χ4n) is 3.22. The van der Waals surface area contributed by atoms with Crippen molar-refractivity contribution in [2.75, 3.05) is 23.3 Å². The molecule has 0 saturated heterocycles. The van der Waals surface area contributed by atoms with Crippen molar-refractivity contribution in [2.24, 2.45) is 0 Å². The van der Waals surface area contributed by atoms with Crippen LogP contribution in [0.15, 0.2) is 47.4 Å². The van der Waals surface area contributed by atoms with Gasteiger partial charge in [-0.25, -0.2) is 8.42 Å². The van der Waals surface area contributed by atoms with Crippen LogP contribution in [0.2, 0.25) is 0 Å². The van der Waals surface area contributed by atoms with E-state index in [9.17, 15) is 13.2 Å². The molecule has 144 valence electrons. The Balaban J connectivity index is 1.90. The van der Waals surface area contributed by atoms with Crippen molar-refractivity contribution in [3.8, 4) is 5.75 Å². The maximum atomic E-state index is 13.1. The van der Waals surface area contributed by atoms with E-state index in [1.54, 1.807) is 43.5 Å². The standard InChI is InChI=1S/C20H24N2O4S/c1-3-5-20(23)21-16-7-12-19-15(14-16)6-4-13-22(19)27(24,25)18-10-8-17(26-2)9-11-18/h7-12,14H,3-6,13H2,1-2H3,(H,21,23). The molecule has 1 heterocycles. The number of nitrogens with one attached hydrogen (secondary N) is 1. The summed E-state index contributed by atoms with van der Waals surface area (Å²) in [6.45, 7) is 2.39. The average Bonchev–Trinajstić information content (AvgIpc) is 2.67. The molecule has 1 N–H and O–H groups in total. The molecule has 0 saturated carbocycles. The van der Waals surface area contributed by atoms with Crippen molar-refractivity contribution in [3.05, 3.63) is 48.0 Å². The van der Waals surface area contributed by atoms with Crippen LogP contribution < -0.4 is 14.4 Å². The minimum Gasteiger partial charge on any atom is -0.497 e. The van der Waals surface area contributed by atoms with Crippen molar-refractivity contribution in [2.45, 2.75) is 37.5 Å². The molecule has 1 amide bonds. The zero-order chi connectivity index (χ0) is 19.4. The first-order valence-electron chi connectivity index (χ1n) is 9.05. The number of methoxy groups -OCH3 is 1. The number of amides is 1. The first kappa shape index (κ1) is 19.2. The summed E-state index contributed by atoms with van der Waals surface area (Å²) < 4.78 is 32.8. The fourth-order valence-corrected chi connectivity index (χ4v) is 4.76. The Labute approximate surface area is 160 Å². The van der Waals surface area contributed by atoms with E-state index in [0.717, 1.165) is 24.8 Å². The second kappa shape index (κ2) is 8.00. The summed E-state index contributed by atoms with van der Waals surface area (Å²) >= 11 is 0. The van der Waals surface area contributed by atoms with Gasteiger partial charge in [0.1, 0.15) is 5.75 Å². The summed E-state index contributed by atoms with van der Waals surface area (Å²) in [5, 5.41) is 2.87. The molecule has 0 aromatic heterocycles. The van der Waals surface area contributed by atoms with Gasteiger partial charge in [-0.1, -0.05) is 6.92 Å². The monoisotopic (exact) mass is 388 g/mol. The van der Waals surface area contributed by atoms with Gasteiger partial charge < -0.3 is 10.1 Å². The van der Waals surface area contributed by atoms with Crippen LogP contribution in [0.5, 0.6) is 5.75 Å². The molecule has 0 aliphatic carbocycles. The van der Waals surface area contributed by atoms with E-state index >= 15 is 0 Å². The largest absolute Gasteiger partial charge is 0.497 e. The number of sulfonamides is 1. The number of hydrogen-bond acceptors (Lipinski definition) is 4. The Morgan fingerprint density at radius 2 is 1.93 bits per heavy atom. The number of fused-ring (bicyclic) bond motifs is 1. The van der Waals surface area contributed by atoms with E-state index in [1.165, 1.54) is 4.31 Å². The van der Waals surface area contributed by atoms with E-state index in [0.29, 0.717) is 30.1 Å². The van der Waals surface area contributed by atoms with Gasteiger partial charge in [-0.2, -0.15) is 0 Å². The molecular weight excluding hydrogens is 364 g/mol. The van der Waals surface area contributed by atoms with Crippen molar-refractivity contribution < 1.29 is 17.9 Å². The summed E-state index contributed by atoms with van der Waals surface area (Å²) in [4.78, 5) is 12.0. The van der Waals surface area contributed by atoms with Crippen LogP contribution in [0.1, 0.15) is 31.7 Å². The molecule has 1 aliphatic rings. The quantitative estimate of drug-likeness (QED) is 0.821. The summed E-state index contributed by atoms with van der Waals surface area (Å²) in [7, 11) is -2.11. The van der Waals surface area contributed by atoms with Gasteiger partial charge in [-0.05, 0) is 67.3 Å². The van der Waals surface area contributed by atoms with Crippen LogP contribution in [0, 0.1) is 0 Å². The SMILES string of the molecule is CCCC(=O)Nc1ccc2c(c1)CCCN2S(=O)(=O)c1ccc(OC)cc1. The Morgan fingerprint density at radius 3 is 2.59 bits per heavy atom. The van der Waals surface area contributed by atoms with Gasteiger partial charge in [0.15, 0.2) is 0 Å². The molecule has 6 nitrogen and oxygen atoms in total. The van der Waals surface area contributed by atoms with E-state index in [4.69, 9.17) is 4.74 Å². The minimum absolute atomic E-state index is 0.0315. The number of carbonyl (C=O) groups is 1. The first-order valence-corrected chi connectivity index (χ1v) is 10.5. The number of aryl methyl sites for hydroxylation is 1. The average molecular weight is 388 g/mol. The molecule has 2 aromatic rings. The van der Waals surface area contributed by atoms with E-state index in [2.05, 4.69) is 5.32 Å². The highest BCUT2D eigenvalue weighted by Crippen LogP contribution is 2.34. The predicted octanol–water partition coefficient (Wildman–Crippen LogP) is 3.58. The Morgan fingerprint density at radius 1 is 1.19 bits per heavy atom. The number of hydrogen-bond donors (Lipinski definition) is 1. The van der Waals surface area contributed by atoms with Gasteiger partial charge >= 0.3 is 0 Å². The highest BCUT2D eigenvalue weighted by molar-refractivity contribution is 7.92. The lowest BCUT2D eigenvalue weighted by atomic mass is 10.0. The van der Waals surface area contributed by atoms with Crippen LogP contribution in [-0.4, -0.2) is 28.0 Å². The molecule has 0 fully saturated rings. The molecule has 1 aliphatic heterocycles. The molecule has 0 radical (unpaired) electrons. The van der Waals surface area contributed by atoms with Gasteiger partial charge in [0.25, 0.3) is 10.0 Å². The lowest BCUT2D eigenvalue weighted by molar-refractivity contribution is -0.116. The minimum atomic E-state index is -3.65. The summed E-state index contributed by atoms with van der Waals surface area (Å²) in [5.74, 6) is 0.580.